The van der Waals surface area contributed by atoms with Gasteiger partial charge >= 0.3 is 0 Å². The van der Waals surface area contributed by atoms with Gasteiger partial charge in [-0.1, -0.05) is 25.8 Å². The first-order chi connectivity index (χ1) is 12.4. The second-order valence-electron chi connectivity index (χ2n) is 6.99. The van der Waals surface area contributed by atoms with Crippen molar-refractivity contribution in [3.8, 4) is 0 Å². The standard InChI is InChI=1S/C19H31N3O3S/c1-4-5-12-21(3)16(2)19(23)20-17-10-9-11-18(15-17)26(24,25)22-13-7-6-8-14-22/h9-11,15-16H,4-8,12-14H2,1-3H3,(H,20,23). The molecule has 1 fully saturated rings. The molecule has 7 heteroatoms. The van der Waals surface area contributed by atoms with Crippen molar-refractivity contribution >= 4 is 21.6 Å². The third kappa shape index (κ3) is 5.28. The highest BCUT2D eigenvalue weighted by Gasteiger charge is 2.26. The van der Waals surface area contributed by atoms with Gasteiger partial charge in [0, 0.05) is 18.8 Å². The van der Waals surface area contributed by atoms with Gasteiger partial charge in [-0.25, -0.2) is 8.42 Å². The predicted octanol–water partition coefficient (Wildman–Crippen LogP) is 2.92. The van der Waals surface area contributed by atoms with E-state index < -0.39 is 10.0 Å². The highest BCUT2D eigenvalue weighted by molar-refractivity contribution is 7.89. The lowest BCUT2D eigenvalue weighted by Gasteiger charge is -2.26. The van der Waals surface area contributed by atoms with Gasteiger partial charge in [-0.15, -0.1) is 0 Å². The Morgan fingerprint density at radius 2 is 1.96 bits per heavy atom. The summed E-state index contributed by atoms with van der Waals surface area (Å²) in [5, 5.41) is 2.85. The van der Waals surface area contributed by atoms with Gasteiger partial charge in [0.05, 0.1) is 10.9 Å². The van der Waals surface area contributed by atoms with Crippen molar-refractivity contribution in [2.75, 3.05) is 32.0 Å². The van der Waals surface area contributed by atoms with E-state index in [1.54, 1.807) is 28.6 Å². The molecular formula is C19H31N3O3S. The van der Waals surface area contributed by atoms with Crippen molar-refractivity contribution < 1.29 is 13.2 Å². The van der Waals surface area contributed by atoms with E-state index in [1.165, 1.54) is 0 Å². The normalized spacial score (nSPS) is 17.2. The zero-order chi connectivity index (χ0) is 19.2. The summed E-state index contributed by atoms with van der Waals surface area (Å²) in [6.45, 7) is 5.97. The number of piperidine rings is 1. The lowest BCUT2D eigenvalue weighted by Crippen LogP contribution is -2.40. The number of nitrogens with one attached hydrogen (secondary N) is 1. The van der Waals surface area contributed by atoms with Crippen molar-refractivity contribution in [1.29, 1.82) is 0 Å². The molecule has 1 atom stereocenters. The second kappa shape index (κ2) is 9.48. The number of rotatable bonds is 8. The molecule has 1 aliphatic rings. The summed E-state index contributed by atoms with van der Waals surface area (Å²) in [5.41, 5.74) is 0.517. The van der Waals surface area contributed by atoms with Crippen LogP contribution in [0.4, 0.5) is 5.69 Å². The molecule has 0 aromatic heterocycles. The molecular weight excluding hydrogens is 350 g/mol. The fraction of sp³-hybridized carbons (Fsp3) is 0.632. The number of amides is 1. The first-order valence-corrected chi connectivity index (χ1v) is 10.9. The van der Waals surface area contributed by atoms with Crippen LogP contribution in [0.1, 0.15) is 46.0 Å². The Morgan fingerprint density at radius 1 is 1.27 bits per heavy atom. The Morgan fingerprint density at radius 3 is 2.62 bits per heavy atom. The molecule has 0 bridgehead atoms. The molecule has 2 rings (SSSR count). The van der Waals surface area contributed by atoms with Crippen LogP contribution in [0.25, 0.3) is 0 Å². The highest BCUT2D eigenvalue weighted by Crippen LogP contribution is 2.23. The van der Waals surface area contributed by atoms with E-state index in [-0.39, 0.29) is 16.8 Å². The van der Waals surface area contributed by atoms with Gasteiger partial charge in [0.15, 0.2) is 0 Å². The van der Waals surface area contributed by atoms with Crippen LogP contribution in [0.5, 0.6) is 0 Å². The Kier molecular flexibility index (Phi) is 7.61. The van der Waals surface area contributed by atoms with Crippen LogP contribution in [-0.4, -0.2) is 56.3 Å². The molecule has 0 radical (unpaired) electrons. The number of likely N-dealkylation sites (N-methyl/N-ethyl adjacent to an activating group) is 1. The fourth-order valence-corrected chi connectivity index (χ4v) is 4.60. The van der Waals surface area contributed by atoms with Gasteiger partial charge in [-0.2, -0.15) is 4.31 Å². The van der Waals surface area contributed by atoms with Crippen molar-refractivity contribution in [2.45, 2.75) is 56.9 Å². The Hall–Kier alpha value is -1.44. The first kappa shape index (κ1) is 20.9. The number of hydrogen-bond donors (Lipinski definition) is 1. The van der Waals surface area contributed by atoms with E-state index in [1.807, 2.05) is 18.9 Å². The highest BCUT2D eigenvalue weighted by atomic mass is 32.2. The summed E-state index contributed by atoms with van der Waals surface area (Å²) < 4.78 is 27.1. The summed E-state index contributed by atoms with van der Waals surface area (Å²) in [4.78, 5) is 14.7. The molecule has 1 aromatic carbocycles. The summed E-state index contributed by atoms with van der Waals surface area (Å²) in [5.74, 6) is -0.129. The summed E-state index contributed by atoms with van der Waals surface area (Å²) in [7, 11) is -1.57. The third-order valence-electron chi connectivity index (χ3n) is 4.96. The molecule has 1 unspecified atom stereocenters. The number of benzene rings is 1. The zero-order valence-electron chi connectivity index (χ0n) is 16.1. The SMILES string of the molecule is CCCCN(C)C(C)C(=O)Nc1cccc(S(=O)(=O)N2CCCCC2)c1. The molecule has 0 spiro atoms. The molecule has 1 aliphatic heterocycles. The molecule has 0 aliphatic carbocycles. The summed E-state index contributed by atoms with van der Waals surface area (Å²) in [6, 6.07) is 6.28. The Balaban J connectivity index is 2.07. The molecule has 0 saturated carbocycles. The van der Waals surface area contributed by atoms with Gasteiger partial charge in [0.25, 0.3) is 0 Å². The zero-order valence-corrected chi connectivity index (χ0v) is 16.9. The summed E-state index contributed by atoms with van der Waals surface area (Å²) >= 11 is 0. The maximum absolute atomic E-state index is 12.8. The van der Waals surface area contributed by atoms with Crippen LogP contribution in [0, 0.1) is 0 Å². The second-order valence-corrected chi connectivity index (χ2v) is 8.93. The monoisotopic (exact) mass is 381 g/mol. The van der Waals surface area contributed by atoms with Crippen molar-refractivity contribution in [3.05, 3.63) is 24.3 Å². The van der Waals surface area contributed by atoms with Crippen molar-refractivity contribution in [3.63, 3.8) is 0 Å². The van der Waals surface area contributed by atoms with Crippen LogP contribution >= 0.6 is 0 Å². The largest absolute Gasteiger partial charge is 0.325 e. The number of carbonyl (C=O) groups is 1. The number of sulfonamides is 1. The van der Waals surface area contributed by atoms with Crippen LogP contribution in [-0.2, 0) is 14.8 Å². The van der Waals surface area contributed by atoms with Crippen LogP contribution in [0.15, 0.2) is 29.2 Å². The number of anilines is 1. The van der Waals surface area contributed by atoms with Crippen LogP contribution < -0.4 is 5.32 Å². The van der Waals surface area contributed by atoms with Gasteiger partial charge in [0.2, 0.25) is 15.9 Å². The molecule has 1 saturated heterocycles. The van der Waals surface area contributed by atoms with Gasteiger partial charge in [-0.05, 0) is 58.0 Å². The molecule has 1 heterocycles. The fourth-order valence-electron chi connectivity index (χ4n) is 3.04. The first-order valence-electron chi connectivity index (χ1n) is 9.47. The molecule has 146 valence electrons. The van der Waals surface area contributed by atoms with E-state index in [4.69, 9.17) is 0 Å². The minimum absolute atomic E-state index is 0.129. The number of unbranched alkanes of at least 4 members (excludes halogenated alkanes) is 1. The van der Waals surface area contributed by atoms with Crippen molar-refractivity contribution in [2.24, 2.45) is 0 Å². The van der Waals surface area contributed by atoms with Gasteiger partial charge in [-0.3, -0.25) is 9.69 Å². The Bertz CT molecular complexity index is 700. The Labute approximate surface area is 157 Å². The van der Waals surface area contributed by atoms with E-state index >= 15 is 0 Å². The molecule has 1 aromatic rings. The number of carbonyl (C=O) groups excluding carboxylic acids is 1. The molecule has 1 N–H and O–H groups in total. The average Bonchev–Trinajstić information content (AvgIpc) is 2.66. The average molecular weight is 382 g/mol. The maximum atomic E-state index is 12.8. The number of nitrogens with zero attached hydrogens (tertiary/aromatic N) is 2. The minimum atomic E-state index is -3.50. The lowest BCUT2D eigenvalue weighted by molar-refractivity contribution is -0.120. The quantitative estimate of drug-likeness (QED) is 0.752. The third-order valence-corrected chi connectivity index (χ3v) is 6.85. The molecule has 1 amide bonds. The molecule has 26 heavy (non-hydrogen) atoms. The van der Waals surface area contributed by atoms with Gasteiger partial charge < -0.3 is 5.32 Å². The predicted molar refractivity (Wildman–Crippen MR) is 105 cm³/mol. The van der Waals surface area contributed by atoms with Gasteiger partial charge in [0.1, 0.15) is 0 Å². The minimum Gasteiger partial charge on any atom is -0.325 e. The summed E-state index contributed by atoms with van der Waals surface area (Å²) in [6.07, 6.45) is 4.99. The van der Waals surface area contributed by atoms with E-state index in [0.29, 0.717) is 18.8 Å². The number of hydrogen-bond acceptors (Lipinski definition) is 4. The molecule has 6 nitrogen and oxygen atoms in total. The smallest absolute Gasteiger partial charge is 0.243 e. The van der Waals surface area contributed by atoms with E-state index in [2.05, 4.69) is 12.2 Å². The maximum Gasteiger partial charge on any atom is 0.243 e. The van der Waals surface area contributed by atoms with E-state index in [9.17, 15) is 13.2 Å². The van der Waals surface area contributed by atoms with E-state index in [0.717, 1.165) is 38.6 Å². The topological polar surface area (TPSA) is 69.7 Å². The lowest BCUT2D eigenvalue weighted by atomic mass is 10.2. The van der Waals surface area contributed by atoms with Crippen LogP contribution in [0.2, 0.25) is 0 Å². The van der Waals surface area contributed by atoms with Crippen LogP contribution in [0.3, 0.4) is 0 Å². The van der Waals surface area contributed by atoms with Crippen molar-refractivity contribution in [1.82, 2.24) is 9.21 Å².